The molecule has 0 unspecified atom stereocenters. The molecule has 242 valence electrons. The number of benzene rings is 2. The van der Waals surface area contributed by atoms with Gasteiger partial charge in [0.05, 0.1) is 34.7 Å². The third-order valence-corrected chi connectivity index (χ3v) is 7.92. The highest BCUT2D eigenvalue weighted by Crippen LogP contribution is 2.29. The van der Waals surface area contributed by atoms with E-state index in [0.717, 1.165) is 44.8 Å². The quantitative estimate of drug-likeness (QED) is 0.243. The van der Waals surface area contributed by atoms with Crippen LogP contribution in [0.2, 0.25) is 0 Å². The van der Waals surface area contributed by atoms with E-state index in [4.69, 9.17) is 19.5 Å². The fraction of sp³-hybridized carbons (Fsp3) is 0.429. The summed E-state index contributed by atoms with van der Waals surface area (Å²) in [7, 11) is 0. The molecule has 3 aromatic rings. The average Bonchev–Trinajstić information content (AvgIpc) is 3.00. The number of ether oxygens (including phenoxy) is 3. The molecular weight excluding hydrogens is 589 g/mol. The van der Waals surface area contributed by atoms with Crippen LogP contribution in [0.4, 0.5) is 21.6 Å². The molecular formula is C35H40FN5O5. The van der Waals surface area contributed by atoms with Crippen molar-refractivity contribution in [2.45, 2.75) is 64.8 Å². The van der Waals surface area contributed by atoms with Crippen LogP contribution in [0.5, 0.6) is 5.88 Å². The van der Waals surface area contributed by atoms with E-state index in [1.165, 1.54) is 6.07 Å². The maximum absolute atomic E-state index is 14.2. The highest BCUT2D eigenvalue weighted by molar-refractivity contribution is 5.97. The SMILES string of the molecule is CC(C)(C)OC(=O)c1ccc(NC(=O)CC2CCN(c3cccc(OCc4ccc(C#N)cc4F)n3)CC2)c(NC[C@@H]2CCO2)c1. The second-order valence-electron chi connectivity index (χ2n) is 12.6. The molecule has 2 aliphatic rings. The van der Waals surface area contributed by atoms with Gasteiger partial charge < -0.3 is 29.7 Å². The Morgan fingerprint density at radius 1 is 1.09 bits per heavy atom. The van der Waals surface area contributed by atoms with Gasteiger partial charge in [-0.05, 0) is 82.3 Å². The third kappa shape index (κ3) is 8.95. The van der Waals surface area contributed by atoms with Gasteiger partial charge in [0.15, 0.2) is 0 Å². The van der Waals surface area contributed by atoms with Crippen LogP contribution in [0.3, 0.4) is 0 Å². The van der Waals surface area contributed by atoms with Gasteiger partial charge >= 0.3 is 5.97 Å². The van der Waals surface area contributed by atoms with Crippen LogP contribution in [0.1, 0.15) is 67.9 Å². The Bertz CT molecular complexity index is 1590. The standard InChI is InChI=1S/C35H40FN5O5/c1-35(2,3)46-34(43)25-9-10-29(30(19-25)38-21-27-13-16-44-27)39-32(42)18-23-11-14-41(15-12-23)31-5-4-6-33(40-31)45-22-26-8-7-24(20-37)17-28(26)36/h4-10,17,19,23,27,38H,11-16,18,21-22H2,1-3H3,(H,39,42)/t27-/m0/s1. The van der Waals surface area contributed by atoms with Crippen LogP contribution < -0.4 is 20.3 Å². The first-order chi connectivity index (χ1) is 22.1. The zero-order valence-corrected chi connectivity index (χ0v) is 26.5. The van der Waals surface area contributed by atoms with E-state index >= 15 is 0 Å². The van der Waals surface area contributed by atoms with Crippen LogP contribution in [0.25, 0.3) is 0 Å². The van der Waals surface area contributed by atoms with Crippen LogP contribution >= 0.6 is 0 Å². The number of nitrogens with zero attached hydrogens (tertiary/aromatic N) is 3. The molecule has 0 saturated carbocycles. The van der Waals surface area contributed by atoms with Crippen LogP contribution in [-0.4, -0.2) is 54.8 Å². The molecule has 46 heavy (non-hydrogen) atoms. The van der Waals surface area contributed by atoms with Gasteiger partial charge in [-0.25, -0.2) is 9.18 Å². The van der Waals surface area contributed by atoms with E-state index in [2.05, 4.69) is 20.5 Å². The molecule has 2 aliphatic heterocycles. The first-order valence-electron chi connectivity index (χ1n) is 15.6. The first kappa shape index (κ1) is 32.7. The van der Waals surface area contributed by atoms with Gasteiger partial charge in [0, 0.05) is 44.3 Å². The molecule has 2 N–H and O–H groups in total. The molecule has 0 radical (unpaired) electrons. The number of carbonyl (C=O) groups excluding carboxylic acids is 2. The molecule has 1 aromatic heterocycles. The lowest BCUT2D eigenvalue weighted by atomic mass is 9.93. The summed E-state index contributed by atoms with van der Waals surface area (Å²) in [6.07, 6.45) is 3.08. The highest BCUT2D eigenvalue weighted by Gasteiger charge is 2.25. The zero-order valence-electron chi connectivity index (χ0n) is 26.5. The third-order valence-electron chi connectivity index (χ3n) is 7.92. The van der Waals surface area contributed by atoms with Gasteiger partial charge in [-0.1, -0.05) is 12.1 Å². The summed E-state index contributed by atoms with van der Waals surface area (Å²) in [5.41, 5.74) is 1.65. The number of esters is 1. The second-order valence-corrected chi connectivity index (χ2v) is 12.6. The number of aromatic nitrogens is 1. The maximum atomic E-state index is 14.2. The molecule has 5 rings (SSSR count). The summed E-state index contributed by atoms with van der Waals surface area (Å²) in [5.74, 6) is 0.346. The van der Waals surface area contributed by atoms with E-state index in [1.807, 2.05) is 39.0 Å². The van der Waals surface area contributed by atoms with Crippen LogP contribution in [0.15, 0.2) is 54.6 Å². The number of amides is 1. The fourth-order valence-electron chi connectivity index (χ4n) is 5.31. The van der Waals surface area contributed by atoms with Crippen molar-refractivity contribution >= 4 is 29.1 Å². The Morgan fingerprint density at radius 2 is 1.87 bits per heavy atom. The number of rotatable bonds is 11. The number of hydrogen-bond acceptors (Lipinski definition) is 9. The summed E-state index contributed by atoms with van der Waals surface area (Å²) in [6, 6.07) is 16.8. The van der Waals surface area contributed by atoms with Gasteiger partial charge in [0.2, 0.25) is 11.8 Å². The van der Waals surface area contributed by atoms with Crippen molar-refractivity contribution < 1.29 is 28.2 Å². The topological polar surface area (TPSA) is 126 Å². The molecule has 11 heteroatoms. The molecule has 0 bridgehead atoms. The molecule has 3 heterocycles. The number of pyridine rings is 1. The van der Waals surface area contributed by atoms with Gasteiger partial charge in [-0.15, -0.1) is 0 Å². The molecule has 0 aliphatic carbocycles. The largest absolute Gasteiger partial charge is 0.473 e. The van der Waals surface area contributed by atoms with Crippen molar-refractivity contribution in [2.24, 2.45) is 5.92 Å². The van der Waals surface area contributed by atoms with Gasteiger partial charge in [0.1, 0.15) is 23.8 Å². The second kappa shape index (κ2) is 14.6. The van der Waals surface area contributed by atoms with Crippen molar-refractivity contribution in [1.82, 2.24) is 4.98 Å². The number of nitrogens with one attached hydrogen (secondary N) is 2. The van der Waals surface area contributed by atoms with E-state index in [1.54, 1.807) is 36.4 Å². The summed E-state index contributed by atoms with van der Waals surface area (Å²) in [6.45, 7) is 8.25. The van der Waals surface area contributed by atoms with Crippen LogP contribution in [0, 0.1) is 23.1 Å². The molecule has 1 atom stereocenters. The van der Waals surface area contributed by atoms with E-state index in [-0.39, 0.29) is 30.1 Å². The molecule has 1 amide bonds. The predicted molar refractivity (Wildman–Crippen MR) is 172 cm³/mol. The van der Waals surface area contributed by atoms with Crippen molar-refractivity contribution in [2.75, 3.05) is 41.8 Å². The Kier molecular flexibility index (Phi) is 10.4. The van der Waals surface area contributed by atoms with E-state index < -0.39 is 17.4 Å². The zero-order chi connectivity index (χ0) is 32.7. The maximum Gasteiger partial charge on any atom is 0.338 e. The van der Waals surface area contributed by atoms with E-state index in [0.29, 0.717) is 41.3 Å². The molecule has 2 aromatic carbocycles. The highest BCUT2D eigenvalue weighted by atomic mass is 19.1. The Hall–Kier alpha value is -4.69. The molecule has 2 saturated heterocycles. The lowest BCUT2D eigenvalue weighted by Gasteiger charge is -2.32. The molecule has 2 fully saturated rings. The van der Waals surface area contributed by atoms with Crippen molar-refractivity contribution in [3.63, 3.8) is 0 Å². The molecule has 0 spiro atoms. The van der Waals surface area contributed by atoms with Crippen LogP contribution in [-0.2, 0) is 20.9 Å². The first-order valence-corrected chi connectivity index (χ1v) is 15.6. The minimum atomic E-state index is -0.618. The lowest BCUT2D eigenvalue weighted by molar-refractivity contribution is -0.117. The van der Waals surface area contributed by atoms with E-state index in [9.17, 15) is 14.0 Å². The number of halogens is 1. The predicted octanol–water partition coefficient (Wildman–Crippen LogP) is 6.07. The summed E-state index contributed by atoms with van der Waals surface area (Å²) < 4.78 is 31.0. The fourth-order valence-corrected chi connectivity index (χ4v) is 5.31. The van der Waals surface area contributed by atoms with Crippen molar-refractivity contribution in [1.29, 1.82) is 5.26 Å². The monoisotopic (exact) mass is 629 g/mol. The number of anilines is 3. The van der Waals surface area contributed by atoms with Gasteiger partial charge in [-0.2, -0.15) is 10.2 Å². The number of piperidine rings is 1. The summed E-state index contributed by atoms with van der Waals surface area (Å²) in [4.78, 5) is 32.6. The lowest BCUT2D eigenvalue weighted by Crippen LogP contribution is -2.35. The minimum absolute atomic E-state index is 0.000500. The average molecular weight is 630 g/mol. The summed E-state index contributed by atoms with van der Waals surface area (Å²) in [5, 5.41) is 15.3. The minimum Gasteiger partial charge on any atom is -0.473 e. The normalized spacial score (nSPS) is 16.6. The van der Waals surface area contributed by atoms with Gasteiger partial charge in [-0.3, -0.25) is 4.79 Å². The number of nitriles is 1. The number of carbonyl (C=O) groups is 2. The van der Waals surface area contributed by atoms with Gasteiger partial charge in [0.25, 0.3) is 0 Å². The van der Waals surface area contributed by atoms with Crippen molar-refractivity contribution in [3.05, 3.63) is 77.1 Å². The Labute approximate surface area is 268 Å². The Balaban J connectivity index is 1.14. The number of hydrogen-bond donors (Lipinski definition) is 2. The molecule has 10 nitrogen and oxygen atoms in total. The summed E-state index contributed by atoms with van der Waals surface area (Å²) >= 11 is 0. The Morgan fingerprint density at radius 3 is 2.54 bits per heavy atom. The van der Waals surface area contributed by atoms with Crippen molar-refractivity contribution in [3.8, 4) is 11.9 Å². The smallest absolute Gasteiger partial charge is 0.338 e.